The maximum absolute atomic E-state index is 4.47. The lowest BCUT2D eigenvalue weighted by atomic mass is 10.0. The number of nitrogens with zero attached hydrogens (tertiary/aromatic N) is 8. The molecule has 8 aromatic heterocycles. The van der Waals surface area contributed by atoms with Crippen molar-refractivity contribution >= 4 is 152 Å². The summed E-state index contributed by atoms with van der Waals surface area (Å²) in [5, 5.41) is 24.7. The second-order valence-electron chi connectivity index (χ2n) is 26.6. The summed E-state index contributed by atoms with van der Waals surface area (Å²) in [6, 6.07) is 98.9. The Morgan fingerprint density at radius 2 is 0.361 bits per heavy atom. The van der Waals surface area contributed by atoms with Gasteiger partial charge in [0.15, 0.2) is 0 Å². The van der Waals surface area contributed by atoms with Crippen LogP contribution in [0.5, 0.6) is 0 Å². The van der Waals surface area contributed by atoms with Gasteiger partial charge in [-0.25, -0.2) is 0 Å². The third kappa shape index (κ3) is 32.6. The molecular formula is C125H160N8. The molecule has 0 fully saturated rings. The van der Waals surface area contributed by atoms with E-state index in [1.54, 1.807) is 0 Å². The van der Waals surface area contributed by atoms with Gasteiger partial charge in [-0.05, 0) is 175 Å². The molecule has 0 atom stereocenters. The first-order valence-corrected chi connectivity index (χ1v) is 49.5. The first-order valence-electron chi connectivity index (χ1n) is 49.5. The van der Waals surface area contributed by atoms with Gasteiger partial charge >= 0.3 is 0 Å². The van der Waals surface area contributed by atoms with E-state index in [9.17, 15) is 0 Å². The number of benzene rings is 13. The summed E-state index contributed by atoms with van der Waals surface area (Å²) in [4.78, 5) is 35.5. The number of hydrogen-bond donors (Lipinski definition) is 0. The van der Waals surface area contributed by atoms with Gasteiger partial charge in [0.25, 0.3) is 0 Å². The second kappa shape index (κ2) is 68.7. The zero-order valence-electron chi connectivity index (χ0n) is 87.8. The predicted octanol–water partition coefficient (Wildman–Crippen LogP) is 39.6. The first kappa shape index (κ1) is 118. The molecule has 0 spiro atoms. The highest BCUT2D eigenvalue weighted by Crippen LogP contribution is 2.32. The molecule has 133 heavy (non-hydrogen) atoms. The highest BCUT2D eigenvalue weighted by Gasteiger charge is 2.10. The van der Waals surface area contributed by atoms with Crippen molar-refractivity contribution < 1.29 is 0 Å². The molecule has 13 aromatic carbocycles. The Kier molecular flexibility index (Phi) is 60.8. The van der Waals surface area contributed by atoms with Crippen LogP contribution >= 0.6 is 0 Å². The fourth-order valence-electron chi connectivity index (χ4n) is 14.2. The maximum Gasteiger partial charge on any atom is 0.0967 e. The van der Waals surface area contributed by atoms with Gasteiger partial charge in [-0.1, -0.05) is 423 Å². The third-order valence-corrected chi connectivity index (χ3v) is 19.5. The Labute approximate surface area is 802 Å². The van der Waals surface area contributed by atoms with Gasteiger partial charge < -0.3 is 0 Å². The Morgan fingerprint density at radius 1 is 0.120 bits per heavy atom. The van der Waals surface area contributed by atoms with Crippen LogP contribution in [0.2, 0.25) is 0 Å². The molecule has 8 heteroatoms. The van der Waals surface area contributed by atoms with Crippen molar-refractivity contribution in [2.75, 3.05) is 0 Å². The van der Waals surface area contributed by atoms with Gasteiger partial charge in [0, 0.05) is 125 Å². The van der Waals surface area contributed by atoms with Crippen LogP contribution in [0.4, 0.5) is 0 Å². The largest absolute Gasteiger partial charge is 0.256 e. The molecule has 0 N–H and O–H groups in total. The lowest BCUT2D eigenvalue weighted by Gasteiger charge is -2.05. The molecule has 0 amide bonds. The molecule has 8 heterocycles. The molecule has 0 bridgehead atoms. The molecule has 0 radical (unpaired) electrons. The lowest BCUT2D eigenvalue weighted by molar-refractivity contribution is 1.36. The number of fused-ring (bicyclic) bond motifs is 21. The summed E-state index contributed by atoms with van der Waals surface area (Å²) in [7, 11) is 0. The molecule has 21 rings (SSSR count). The minimum absolute atomic E-state index is 0.985. The van der Waals surface area contributed by atoms with Gasteiger partial charge in [0.1, 0.15) is 0 Å². The van der Waals surface area contributed by atoms with Crippen molar-refractivity contribution in [3.05, 3.63) is 374 Å². The maximum atomic E-state index is 4.47. The molecule has 0 saturated heterocycles. The van der Waals surface area contributed by atoms with Crippen molar-refractivity contribution in [3.8, 4) is 0 Å². The average Bonchev–Trinajstić information content (AvgIpc) is 0.762. The number of aryl methyl sites for hydroxylation is 7. The van der Waals surface area contributed by atoms with E-state index in [1.165, 1.54) is 141 Å². The van der Waals surface area contributed by atoms with E-state index in [1.807, 2.05) is 286 Å². The van der Waals surface area contributed by atoms with Crippen molar-refractivity contribution in [1.29, 1.82) is 0 Å². The standard InChI is InChI=1S/6C14H11N.C13H10N2.14C2H6/c1-10-4-2-6-13-12(10)8-7-11-5-3-9-15-14(11)13;1-10-4-7-13-12(9-10)6-5-11-3-2-8-15-14(11)13;1-10-4-5-11-6-7-12-3-2-8-15-14(12)13(11)9-10;1-10-9-11-5-4-8-15-14(11)13-7-3-2-6-12(10)13;1-10-9-11-5-2-3-6-13(11)14-12(10)7-4-8-15-14;1-10-8-9-15-14-12(10)7-6-11-4-2-3-5-13(11)14;1-9-8-10-4-2-6-14-12(10)13-11(9)5-3-7-15-13;14*1-2/h6*2-9H,1H3;2-8H,1H3;14*1-2H3. The zero-order valence-corrected chi connectivity index (χ0v) is 87.8. The fraction of sp³-hybridized carbons (Fsp3) is 0.280. The van der Waals surface area contributed by atoms with E-state index in [0.717, 1.165) is 49.5 Å². The highest BCUT2D eigenvalue weighted by molar-refractivity contribution is 6.11. The Hall–Kier alpha value is -13.3. The van der Waals surface area contributed by atoms with Crippen molar-refractivity contribution in [1.82, 2.24) is 39.9 Å². The van der Waals surface area contributed by atoms with E-state index < -0.39 is 0 Å². The van der Waals surface area contributed by atoms with Crippen LogP contribution in [0.15, 0.2) is 335 Å². The normalized spacial score (nSPS) is 9.32. The van der Waals surface area contributed by atoms with Gasteiger partial charge in [-0.3, -0.25) is 39.9 Å². The minimum atomic E-state index is 0.985. The summed E-state index contributed by atoms with van der Waals surface area (Å²) in [5.41, 5.74) is 17.6. The van der Waals surface area contributed by atoms with E-state index in [2.05, 4.69) is 331 Å². The number of pyridine rings is 8. The molecule has 0 saturated carbocycles. The van der Waals surface area contributed by atoms with E-state index >= 15 is 0 Å². The molecule has 21 aromatic rings. The Bertz CT molecular complexity index is 6270. The molecule has 700 valence electrons. The SMILES string of the molecule is CC.CC.CC.CC.CC.CC.CC.CC.CC.CC.CC.CC.CC.CC.Cc1cc2ccccc2c2ncccc12.Cc1cc2cccnc2c2ccccc12.Cc1cc2cccnc2c2ncccc12.Cc1ccc2c(ccc3cccnc32)c1.Cc1ccc2ccc3cccnc3c2c1.Cc1cccc2c1ccc1cccnc12.Cc1ccnc2c1ccc1ccccc12. The number of rotatable bonds is 0. The first-order chi connectivity index (χ1) is 65.5. The molecule has 0 aliphatic rings. The minimum Gasteiger partial charge on any atom is -0.256 e. The Morgan fingerprint density at radius 3 is 0.872 bits per heavy atom. The van der Waals surface area contributed by atoms with E-state index in [4.69, 9.17) is 0 Å². The van der Waals surface area contributed by atoms with E-state index in [0.29, 0.717) is 0 Å². The van der Waals surface area contributed by atoms with Crippen LogP contribution in [0.25, 0.3) is 152 Å². The average molecular weight is 1770 g/mol. The van der Waals surface area contributed by atoms with Crippen LogP contribution in [-0.2, 0) is 0 Å². The summed E-state index contributed by atoms with van der Waals surface area (Å²) in [6.45, 7) is 70.9. The fourth-order valence-corrected chi connectivity index (χ4v) is 14.2. The van der Waals surface area contributed by atoms with Crippen LogP contribution in [0, 0.1) is 48.5 Å². The summed E-state index contributed by atoms with van der Waals surface area (Å²) >= 11 is 0. The van der Waals surface area contributed by atoms with Crippen LogP contribution in [0.1, 0.15) is 233 Å². The van der Waals surface area contributed by atoms with Gasteiger partial charge in [-0.2, -0.15) is 0 Å². The molecular weight excluding hydrogens is 1610 g/mol. The van der Waals surface area contributed by atoms with Crippen molar-refractivity contribution in [3.63, 3.8) is 0 Å². The van der Waals surface area contributed by atoms with Crippen molar-refractivity contribution in [2.24, 2.45) is 0 Å². The van der Waals surface area contributed by atoms with E-state index in [-0.39, 0.29) is 0 Å². The third-order valence-electron chi connectivity index (χ3n) is 19.5. The number of hydrogen-bond acceptors (Lipinski definition) is 8. The molecule has 0 unspecified atom stereocenters. The Balaban J connectivity index is 0.000000742. The zero-order chi connectivity index (χ0) is 99.8. The molecule has 8 nitrogen and oxygen atoms in total. The number of aromatic nitrogens is 8. The van der Waals surface area contributed by atoms with Gasteiger partial charge in [0.05, 0.1) is 44.1 Å². The lowest BCUT2D eigenvalue weighted by Crippen LogP contribution is -1.86. The second-order valence-corrected chi connectivity index (χ2v) is 26.6. The topological polar surface area (TPSA) is 103 Å². The summed E-state index contributed by atoms with van der Waals surface area (Å²) in [6.07, 6.45) is 14.8. The smallest absolute Gasteiger partial charge is 0.0967 e. The summed E-state index contributed by atoms with van der Waals surface area (Å²) < 4.78 is 0. The summed E-state index contributed by atoms with van der Waals surface area (Å²) in [5.74, 6) is 0. The molecule has 0 aliphatic carbocycles. The molecule has 0 aliphatic heterocycles. The quantitative estimate of drug-likeness (QED) is 0.138. The predicted molar refractivity (Wildman–Crippen MR) is 605 cm³/mol. The van der Waals surface area contributed by atoms with Crippen LogP contribution < -0.4 is 0 Å². The highest BCUT2D eigenvalue weighted by atomic mass is 14.7. The van der Waals surface area contributed by atoms with Crippen LogP contribution in [-0.4, -0.2) is 39.9 Å². The van der Waals surface area contributed by atoms with Crippen LogP contribution in [0.3, 0.4) is 0 Å². The van der Waals surface area contributed by atoms with Gasteiger partial charge in [-0.15, -0.1) is 0 Å². The van der Waals surface area contributed by atoms with Gasteiger partial charge in [0.2, 0.25) is 0 Å². The van der Waals surface area contributed by atoms with Crippen molar-refractivity contribution in [2.45, 2.75) is 242 Å². The monoisotopic (exact) mass is 1770 g/mol.